The molecule has 0 saturated heterocycles. The quantitative estimate of drug-likeness (QED) is 0.651. The van der Waals surface area contributed by atoms with Gasteiger partial charge in [-0.3, -0.25) is 0 Å². The molecule has 0 aromatic rings. The standard InChI is InChI=1S/C11H21NO2/c1-3-11(2,9-13)12-7-10-5-4-6-14-8-10/h5,12-13H,3-4,6-9H2,1-2H3. The minimum absolute atomic E-state index is 0.154. The van der Waals surface area contributed by atoms with Crippen LogP contribution in [0.4, 0.5) is 0 Å². The molecule has 3 heteroatoms. The Morgan fingerprint density at radius 1 is 1.64 bits per heavy atom. The first-order chi connectivity index (χ1) is 6.70. The molecule has 0 aromatic heterocycles. The zero-order chi connectivity index (χ0) is 10.4. The minimum atomic E-state index is -0.154. The zero-order valence-corrected chi connectivity index (χ0v) is 9.18. The van der Waals surface area contributed by atoms with Crippen LogP contribution in [0.1, 0.15) is 26.7 Å². The number of aliphatic hydroxyl groups is 1. The summed E-state index contributed by atoms with van der Waals surface area (Å²) < 4.78 is 5.34. The summed E-state index contributed by atoms with van der Waals surface area (Å²) in [5.41, 5.74) is 1.14. The second-order valence-corrected chi connectivity index (χ2v) is 4.13. The van der Waals surface area contributed by atoms with E-state index in [1.807, 2.05) is 6.92 Å². The minimum Gasteiger partial charge on any atom is -0.394 e. The maximum absolute atomic E-state index is 9.20. The summed E-state index contributed by atoms with van der Waals surface area (Å²) in [6.45, 7) is 6.70. The fourth-order valence-corrected chi connectivity index (χ4v) is 1.35. The van der Waals surface area contributed by atoms with E-state index in [9.17, 15) is 5.11 Å². The molecule has 0 radical (unpaired) electrons. The Labute approximate surface area is 86.2 Å². The van der Waals surface area contributed by atoms with Crippen molar-refractivity contribution >= 4 is 0 Å². The fraction of sp³-hybridized carbons (Fsp3) is 0.818. The third-order valence-corrected chi connectivity index (χ3v) is 2.85. The van der Waals surface area contributed by atoms with Gasteiger partial charge in [-0.05, 0) is 25.3 Å². The summed E-state index contributed by atoms with van der Waals surface area (Å²) >= 11 is 0. The Kier molecular flexibility index (Phi) is 4.58. The smallest absolute Gasteiger partial charge is 0.0689 e. The lowest BCUT2D eigenvalue weighted by molar-refractivity contribution is 0.142. The predicted octanol–water partition coefficient (Wildman–Crippen LogP) is 1.08. The summed E-state index contributed by atoms with van der Waals surface area (Å²) in [5.74, 6) is 0. The van der Waals surface area contributed by atoms with E-state index in [-0.39, 0.29) is 12.1 Å². The van der Waals surface area contributed by atoms with Crippen molar-refractivity contribution in [3.05, 3.63) is 11.6 Å². The molecular formula is C11H21NO2. The number of rotatable bonds is 5. The molecule has 1 heterocycles. The Morgan fingerprint density at radius 3 is 2.93 bits per heavy atom. The van der Waals surface area contributed by atoms with Crippen LogP contribution in [0.3, 0.4) is 0 Å². The monoisotopic (exact) mass is 199 g/mol. The fourth-order valence-electron chi connectivity index (χ4n) is 1.35. The first kappa shape index (κ1) is 11.7. The highest BCUT2D eigenvalue weighted by Crippen LogP contribution is 2.10. The van der Waals surface area contributed by atoms with E-state index in [0.29, 0.717) is 0 Å². The molecule has 0 bridgehead atoms. The van der Waals surface area contributed by atoms with Crippen molar-refractivity contribution in [2.45, 2.75) is 32.2 Å². The molecule has 0 aliphatic carbocycles. The van der Waals surface area contributed by atoms with Gasteiger partial charge >= 0.3 is 0 Å². The van der Waals surface area contributed by atoms with Crippen LogP contribution in [0.2, 0.25) is 0 Å². The second kappa shape index (κ2) is 5.49. The molecule has 14 heavy (non-hydrogen) atoms. The molecule has 1 unspecified atom stereocenters. The molecule has 82 valence electrons. The number of ether oxygens (including phenoxy) is 1. The highest BCUT2D eigenvalue weighted by molar-refractivity contribution is 5.07. The Bertz CT molecular complexity index is 197. The van der Waals surface area contributed by atoms with Crippen molar-refractivity contribution in [1.82, 2.24) is 5.32 Å². The molecule has 0 saturated carbocycles. The van der Waals surface area contributed by atoms with Gasteiger partial charge in [-0.1, -0.05) is 13.0 Å². The van der Waals surface area contributed by atoms with E-state index in [2.05, 4.69) is 18.3 Å². The lowest BCUT2D eigenvalue weighted by Crippen LogP contribution is -2.46. The van der Waals surface area contributed by atoms with Gasteiger partial charge in [0.1, 0.15) is 0 Å². The van der Waals surface area contributed by atoms with E-state index in [4.69, 9.17) is 4.74 Å². The average Bonchev–Trinajstić information content (AvgIpc) is 2.27. The molecule has 3 nitrogen and oxygen atoms in total. The largest absolute Gasteiger partial charge is 0.394 e. The molecule has 0 fully saturated rings. The van der Waals surface area contributed by atoms with Gasteiger partial charge in [0, 0.05) is 12.1 Å². The van der Waals surface area contributed by atoms with Gasteiger partial charge in [-0.2, -0.15) is 0 Å². The molecule has 0 aromatic carbocycles. The Hall–Kier alpha value is -0.380. The first-order valence-electron chi connectivity index (χ1n) is 5.32. The van der Waals surface area contributed by atoms with Gasteiger partial charge in [0.25, 0.3) is 0 Å². The number of aliphatic hydroxyl groups excluding tert-OH is 1. The maximum Gasteiger partial charge on any atom is 0.0689 e. The van der Waals surface area contributed by atoms with Gasteiger partial charge < -0.3 is 15.2 Å². The SMILES string of the molecule is CCC(C)(CO)NCC1=CCCOC1. The highest BCUT2D eigenvalue weighted by Gasteiger charge is 2.20. The summed E-state index contributed by atoms with van der Waals surface area (Å²) in [6, 6.07) is 0. The van der Waals surface area contributed by atoms with Crippen molar-refractivity contribution in [2.24, 2.45) is 0 Å². The van der Waals surface area contributed by atoms with Crippen molar-refractivity contribution in [3.8, 4) is 0 Å². The van der Waals surface area contributed by atoms with E-state index in [0.717, 1.165) is 32.6 Å². The third kappa shape index (κ3) is 3.40. The predicted molar refractivity (Wildman–Crippen MR) is 57.3 cm³/mol. The van der Waals surface area contributed by atoms with Gasteiger partial charge in [0.15, 0.2) is 0 Å². The van der Waals surface area contributed by atoms with Crippen LogP contribution in [-0.2, 0) is 4.74 Å². The molecular weight excluding hydrogens is 178 g/mol. The van der Waals surface area contributed by atoms with Crippen molar-refractivity contribution in [2.75, 3.05) is 26.4 Å². The zero-order valence-electron chi connectivity index (χ0n) is 9.18. The highest BCUT2D eigenvalue weighted by atomic mass is 16.5. The van der Waals surface area contributed by atoms with Gasteiger partial charge in [0.05, 0.1) is 19.8 Å². The topological polar surface area (TPSA) is 41.5 Å². The van der Waals surface area contributed by atoms with Crippen molar-refractivity contribution in [1.29, 1.82) is 0 Å². The van der Waals surface area contributed by atoms with Crippen LogP contribution in [-0.4, -0.2) is 37.0 Å². The lowest BCUT2D eigenvalue weighted by Gasteiger charge is -2.28. The molecule has 1 rings (SSSR count). The summed E-state index contributed by atoms with van der Waals surface area (Å²) in [5, 5.41) is 12.6. The number of hydrogen-bond acceptors (Lipinski definition) is 3. The van der Waals surface area contributed by atoms with Gasteiger partial charge in [-0.15, -0.1) is 0 Å². The normalized spacial score (nSPS) is 21.5. The third-order valence-electron chi connectivity index (χ3n) is 2.85. The van der Waals surface area contributed by atoms with Crippen LogP contribution in [0.25, 0.3) is 0 Å². The molecule has 1 aliphatic heterocycles. The second-order valence-electron chi connectivity index (χ2n) is 4.13. The van der Waals surface area contributed by atoms with Crippen LogP contribution in [0.15, 0.2) is 11.6 Å². The van der Waals surface area contributed by atoms with Crippen LogP contribution in [0, 0.1) is 0 Å². The van der Waals surface area contributed by atoms with Crippen molar-refractivity contribution in [3.63, 3.8) is 0 Å². The van der Waals surface area contributed by atoms with Crippen LogP contribution >= 0.6 is 0 Å². The molecule has 0 amide bonds. The Morgan fingerprint density at radius 2 is 2.43 bits per heavy atom. The molecule has 1 aliphatic rings. The van der Waals surface area contributed by atoms with E-state index < -0.39 is 0 Å². The van der Waals surface area contributed by atoms with Gasteiger partial charge in [0.2, 0.25) is 0 Å². The first-order valence-corrected chi connectivity index (χ1v) is 5.32. The van der Waals surface area contributed by atoms with E-state index >= 15 is 0 Å². The van der Waals surface area contributed by atoms with E-state index in [1.165, 1.54) is 5.57 Å². The summed E-state index contributed by atoms with van der Waals surface area (Å²) in [4.78, 5) is 0. The lowest BCUT2D eigenvalue weighted by atomic mass is 9.99. The average molecular weight is 199 g/mol. The number of nitrogens with one attached hydrogen (secondary N) is 1. The summed E-state index contributed by atoms with van der Waals surface area (Å²) in [7, 11) is 0. The molecule has 0 spiro atoms. The van der Waals surface area contributed by atoms with Crippen LogP contribution < -0.4 is 5.32 Å². The Balaban J connectivity index is 2.34. The van der Waals surface area contributed by atoms with E-state index in [1.54, 1.807) is 0 Å². The van der Waals surface area contributed by atoms with Crippen molar-refractivity contribution < 1.29 is 9.84 Å². The molecule has 1 atom stereocenters. The maximum atomic E-state index is 9.20. The molecule has 2 N–H and O–H groups in total. The van der Waals surface area contributed by atoms with Crippen LogP contribution in [0.5, 0.6) is 0 Å². The number of hydrogen-bond donors (Lipinski definition) is 2. The van der Waals surface area contributed by atoms with Gasteiger partial charge in [-0.25, -0.2) is 0 Å². The summed E-state index contributed by atoms with van der Waals surface area (Å²) in [6.07, 6.45) is 4.17.